The van der Waals surface area contributed by atoms with Crippen LogP contribution in [0.15, 0.2) is 179 Å². The number of pyridine rings is 1. The van der Waals surface area contributed by atoms with Gasteiger partial charge in [-0.25, -0.2) is 0 Å². The maximum absolute atomic E-state index is 6.48. The lowest BCUT2D eigenvalue weighted by molar-refractivity contribution is 0.669. The summed E-state index contributed by atoms with van der Waals surface area (Å²) in [4.78, 5) is 6.87. The second-order valence-electron chi connectivity index (χ2n) is 12.4. The molecule has 0 spiro atoms. The number of hydrogen-bond donors (Lipinski definition) is 0. The lowest BCUT2D eigenvalue weighted by Gasteiger charge is -2.27. The van der Waals surface area contributed by atoms with Gasteiger partial charge in [-0.3, -0.25) is 4.98 Å². The third-order valence-electron chi connectivity index (χ3n) is 9.57. The Morgan fingerprint density at radius 2 is 1.06 bits per heavy atom. The predicted molar refractivity (Wildman–Crippen MR) is 202 cm³/mol. The first kappa shape index (κ1) is 27.5. The molecule has 0 saturated carbocycles. The minimum Gasteiger partial charge on any atom is -0.456 e. The zero-order valence-corrected chi connectivity index (χ0v) is 26.4. The van der Waals surface area contributed by atoms with Gasteiger partial charge in [0.05, 0.1) is 5.69 Å². The van der Waals surface area contributed by atoms with E-state index in [4.69, 9.17) is 8.83 Å². The highest BCUT2D eigenvalue weighted by Crippen LogP contribution is 2.45. The summed E-state index contributed by atoms with van der Waals surface area (Å²) < 4.78 is 12.9. The number of benzene rings is 7. The van der Waals surface area contributed by atoms with Gasteiger partial charge in [-0.1, -0.05) is 109 Å². The number of rotatable bonds is 5. The highest BCUT2D eigenvalue weighted by atomic mass is 16.3. The fourth-order valence-corrected chi connectivity index (χ4v) is 7.27. The summed E-state index contributed by atoms with van der Waals surface area (Å²) in [6.45, 7) is 0. The fourth-order valence-electron chi connectivity index (χ4n) is 7.27. The van der Waals surface area contributed by atoms with Crippen LogP contribution in [0, 0.1) is 0 Å². The van der Waals surface area contributed by atoms with Crippen molar-refractivity contribution in [1.29, 1.82) is 0 Å². The highest BCUT2D eigenvalue weighted by molar-refractivity contribution is 6.22. The number of furan rings is 2. The van der Waals surface area contributed by atoms with Crippen molar-refractivity contribution in [3.05, 3.63) is 170 Å². The number of aromatic nitrogens is 1. The summed E-state index contributed by atoms with van der Waals surface area (Å²) in [7, 11) is 0. The summed E-state index contributed by atoms with van der Waals surface area (Å²) in [6.07, 6.45) is 3.82. The Kier molecular flexibility index (Phi) is 6.15. The molecule has 0 fully saturated rings. The van der Waals surface area contributed by atoms with Crippen molar-refractivity contribution in [1.82, 2.24) is 4.98 Å². The number of fused-ring (bicyclic) bond motifs is 8. The number of hydrogen-bond acceptors (Lipinski definition) is 4. The van der Waals surface area contributed by atoms with E-state index in [1.807, 2.05) is 42.7 Å². The molecule has 0 atom stereocenters. The largest absolute Gasteiger partial charge is 0.456 e. The van der Waals surface area contributed by atoms with Crippen molar-refractivity contribution in [3.63, 3.8) is 0 Å². The highest BCUT2D eigenvalue weighted by Gasteiger charge is 2.21. The zero-order chi connectivity index (χ0) is 32.3. The molecule has 10 rings (SSSR count). The summed E-state index contributed by atoms with van der Waals surface area (Å²) >= 11 is 0. The van der Waals surface area contributed by atoms with Crippen LogP contribution >= 0.6 is 0 Å². The first-order chi connectivity index (χ1) is 24.3. The molecule has 0 unspecified atom stereocenters. The Morgan fingerprint density at radius 1 is 0.429 bits per heavy atom. The second-order valence-corrected chi connectivity index (χ2v) is 12.4. The van der Waals surface area contributed by atoms with E-state index in [2.05, 4.69) is 137 Å². The predicted octanol–water partition coefficient (Wildman–Crippen LogP) is 12.8. The van der Waals surface area contributed by atoms with Crippen LogP contribution in [0.4, 0.5) is 17.1 Å². The van der Waals surface area contributed by atoms with E-state index in [0.29, 0.717) is 0 Å². The van der Waals surface area contributed by atoms with E-state index in [1.54, 1.807) is 0 Å². The standard InChI is InChI=1S/C45H28N2O2/c1-2-9-29(10-3-1)30-17-21-32(22-18-30)47(40-27-43-44(39-28-46-26-25-35(39)40)38-12-5-7-16-42(38)48-43)33-23-19-31(20-24-33)34-13-8-14-37-36-11-4-6-15-41(36)49-45(34)37/h1-28H. The van der Waals surface area contributed by atoms with E-state index < -0.39 is 0 Å². The minimum absolute atomic E-state index is 0.829. The van der Waals surface area contributed by atoms with Crippen LogP contribution in [-0.2, 0) is 0 Å². The van der Waals surface area contributed by atoms with Gasteiger partial charge in [0.1, 0.15) is 22.3 Å². The van der Waals surface area contributed by atoms with Crippen LogP contribution in [0.2, 0.25) is 0 Å². The Hall–Kier alpha value is -6.65. The van der Waals surface area contributed by atoms with Crippen molar-refractivity contribution in [3.8, 4) is 22.3 Å². The molecular formula is C45H28N2O2. The molecule has 3 heterocycles. The molecule has 0 bridgehead atoms. The fraction of sp³-hybridized carbons (Fsp3) is 0. The Balaban J connectivity index is 1.17. The van der Waals surface area contributed by atoms with Crippen molar-refractivity contribution >= 4 is 71.7 Å². The molecule has 230 valence electrons. The van der Waals surface area contributed by atoms with Crippen LogP contribution in [0.25, 0.3) is 76.9 Å². The maximum atomic E-state index is 6.48. The van der Waals surface area contributed by atoms with Gasteiger partial charge in [-0.2, -0.15) is 0 Å². The molecular weight excluding hydrogens is 601 g/mol. The van der Waals surface area contributed by atoms with Gasteiger partial charge in [0.2, 0.25) is 0 Å². The lowest BCUT2D eigenvalue weighted by atomic mass is 10.00. The maximum Gasteiger partial charge on any atom is 0.143 e. The molecule has 0 aliphatic rings. The Bertz CT molecular complexity index is 2810. The minimum atomic E-state index is 0.829. The molecule has 0 aliphatic heterocycles. The third kappa shape index (κ3) is 4.42. The first-order valence-electron chi connectivity index (χ1n) is 16.4. The van der Waals surface area contributed by atoms with Gasteiger partial charge >= 0.3 is 0 Å². The van der Waals surface area contributed by atoms with E-state index in [0.717, 1.165) is 82.8 Å². The molecule has 0 radical (unpaired) electrons. The van der Waals surface area contributed by atoms with Crippen LogP contribution in [-0.4, -0.2) is 4.98 Å². The Morgan fingerprint density at radius 3 is 1.84 bits per heavy atom. The number of anilines is 3. The summed E-state index contributed by atoms with van der Waals surface area (Å²) in [5.41, 5.74) is 11.1. The van der Waals surface area contributed by atoms with Gasteiger partial charge in [0.15, 0.2) is 0 Å². The molecule has 0 saturated heterocycles. The number of para-hydroxylation sites is 3. The monoisotopic (exact) mass is 628 g/mol. The van der Waals surface area contributed by atoms with Crippen molar-refractivity contribution in [2.75, 3.05) is 4.90 Å². The molecule has 3 aromatic heterocycles. The first-order valence-corrected chi connectivity index (χ1v) is 16.4. The van der Waals surface area contributed by atoms with Crippen LogP contribution in [0.5, 0.6) is 0 Å². The molecule has 49 heavy (non-hydrogen) atoms. The smallest absolute Gasteiger partial charge is 0.143 e. The third-order valence-corrected chi connectivity index (χ3v) is 9.57. The van der Waals surface area contributed by atoms with Crippen molar-refractivity contribution in [2.24, 2.45) is 0 Å². The average Bonchev–Trinajstić information content (AvgIpc) is 3.75. The van der Waals surface area contributed by atoms with Gasteiger partial charge in [-0.05, 0) is 59.2 Å². The lowest BCUT2D eigenvalue weighted by Crippen LogP contribution is -2.10. The van der Waals surface area contributed by atoms with Crippen LogP contribution < -0.4 is 4.90 Å². The molecule has 7 aromatic carbocycles. The molecule has 4 heteroatoms. The normalized spacial score (nSPS) is 11.7. The van der Waals surface area contributed by atoms with E-state index in [1.165, 1.54) is 11.1 Å². The molecule has 0 aliphatic carbocycles. The van der Waals surface area contributed by atoms with E-state index >= 15 is 0 Å². The van der Waals surface area contributed by atoms with Crippen molar-refractivity contribution in [2.45, 2.75) is 0 Å². The van der Waals surface area contributed by atoms with Gasteiger partial charge in [0.25, 0.3) is 0 Å². The van der Waals surface area contributed by atoms with Gasteiger partial charge in [-0.15, -0.1) is 0 Å². The van der Waals surface area contributed by atoms with Crippen molar-refractivity contribution < 1.29 is 8.83 Å². The average molecular weight is 629 g/mol. The van der Waals surface area contributed by atoms with Crippen LogP contribution in [0.3, 0.4) is 0 Å². The topological polar surface area (TPSA) is 42.4 Å². The summed E-state index contributed by atoms with van der Waals surface area (Å²) in [6, 6.07) is 55.1. The summed E-state index contributed by atoms with van der Waals surface area (Å²) in [5, 5.41) is 6.57. The second kappa shape index (κ2) is 11.0. The van der Waals surface area contributed by atoms with E-state index in [9.17, 15) is 0 Å². The van der Waals surface area contributed by atoms with Gasteiger partial charge in [0, 0.05) is 67.7 Å². The molecule has 10 aromatic rings. The van der Waals surface area contributed by atoms with Gasteiger partial charge < -0.3 is 13.7 Å². The quantitative estimate of drug-likeness (QED) is 0.190. The van der Waals surface area contributed by atoms with Crippen LogP contribution in [0.1, 0.15) is 0 Å². The molecule has 4 nitrogen and oxygen atoms in total. The Labute approximate surface area is 282 Å². The molecule has 0 N–H and O–H groups in total. The summed E-state index contributed by atoms with van der Waals surface area (Å²) in [5.74, 6) is 0. The zero-order valence-electron chi connectivity index (χ0n) is 26.4. The SMILES string of the molecule is c1ccc(-c2ccc(N(c3ccc(-c4cccc5c4oc4ccccc45)cc3)c3cc4oc5ccccc5c4c4cnccc34)cc2)cc1. The van der Waals surface area contributed by atoms with E-state index in [-0.39, 0.29) is 0 Å². The number of nitrogens with zero attached hydrogens (tertiary/aromatic N) is 2. The molecule has 0 amide bonds.